The van der Waals surface area contributed by atoms with Gasteiger partial charge >= 0.3 is 0 Å². The van der Waals surface area contributed by atoms with E-state index in [9.17, 15) is 4.79 Å². The van der Waals surface area contributed by atoms with Gasteiger partial charge in [-0.1, -0.05) is 6.58 Å². The molecule has 0 unspecified atom stereocenters. The highest BCUT2D eigenvalue weighted by atomic mass is 16.5. The van der Waals surface area contributed by atoms with Crippen LogP contribution in [0.25, 0.3) is 0 Å². The third kappa shape index (κ3) is 4.98. The predicted octanol–water partition coefficient (Wildman–Crippen LogP) is 0.247. The molecule has 94 valence electrons. The molecule has 1 aliphatic rings. The van der Waals surface area contributed by atoms with Gasteiger partial charge in [0, 0.05) is 32.7 Å². The largest absolute Gasteiger partial charge is 0.379 e. The average molecular weight is 237 g/mol. The maximum absolute atomic E-state index is 11.5. The van der Waals surface area contributed by atoms with Crippen molar-refractivity contribution in [3.8, 4) is 6.07 Å². The van der Waals surface area contributed by atoms with Gasteiger partial charge < -0.3 is 9.64 Å². The minimum atomic E-state index is -0.103. The minimum Gasteiger partial charge on any atom is -0.379 e. The van der Waals surface area contributed by atoms with Crippen molar-refractivity contribution in [2.75, 3.05) is 45.9 Å². The molecule has 1 amide bonds. The van der Waals surface area contributed by atoms with Gasteiger partial charge in [0.2, 0.25) is 5.91 Å². The molecule has 5 heteroatoms. The van der Waals surface area contributed by atoms with E-state index in [1.54, 1.807) is 4.90 Å². The predicted molar refractivity (Wildman–Crippen MR) is 64.3 cm³/mol. The molecule has 0 radical (unpaired) electrons. The number of hydrogen-bond donors (Lipinski definition) is 0. The van der Waals surface area contributed by atoms with E-state index in [0.717, 1.165) is 32.8 Å². The summed E-state index contributed by atoms with van der Waals surface area (Å²) in [4.78, 5) is 15.5. The van der Waals surface area contributed by atoms with Crippen molar-refractivity contribution in [2.24, 2.45) is 0 Å². The van der Waals surface area contributed by atoms with Crippen molar-refractivity contribution in [3.05, 3.63) is 12.7 Å². The second-order valence-corrected chi connectivity index (χ2v) is 3.89. The average Bonchev–Trinajstić information content (AvgIpc) is 2.39. The SMILES string of the molecule is C=CC(=O)N(CCC#N)CCN1CCOCC1. The highest BCUT2D eigenvalue weighted by Crippen LogP contribution is 1.99. The summed E-state index contributed by atoms with van der Waals surface area (Å²) in [5.74, 6) is -0.103. The molecule has 0 atom stereocenters. The fourth-order valence-corrected chi connectivity index (χ4v) is 1.73. The first kappa shape index (κ1) is 13.7. The van der Waals surface area contributed by atoms with Gasteiger partial charge in [-0.15, -0.1) is 0 Å². The van der Waals surface area contributed by atoms with Crippen LogP contribution in [0.4, 0.5) is 0 Å². The monoisotopic (exact) mass is 237 g/mol. The molecule has 0 aromatic heterocycles. The van der Waals surface area contributed by atoms with E-state index in [2.05, 4.69) is 17.5 Å². The third-order valence-corrected chi connectivity index (χ3v) is 2.77. The van der Waals surface area contributed by atoms with E-state index in [1.807, 2.05) is 0 Å². The van der Waals surface area contributed by atoms with Crippen LogP contribution in [0.15, 0.2) is 12.7 Å². The number of morpholine rings is 1. The van der Waals surface area contributed by atoms with Crippen LogP contribution in [-0.4, -0.2) is 61.6 Å². The van der Waals surface area contributed by atoms with E-state index < -0.39 is 0 Å². The summed E-state index contributed by atoms with van der Waals surface area (Å²) in [6.07, 6.45) is 1.67. The van der Waals surface area contributed by atoms with Crippen molar-refractivity contribution < 1.29 is 9.53 Å². The molecular weight excluding hydrogens is 218 g/mol. The Kier molecular flexibility index (Phi) is 6.30. The van der Waals surface area contributed by atoms with Gasteiger partial charge in [0.15, 0.2) is 0 Å². The topological polar surface area (TPSA) is 56.6 Å². The van der Waals surface area contributed by atoms with Gasteiger partial charge in [-0.2, -0.15) is 5.26 Å². The maximum atomic E-state index is 11.5. The first-order valence-corrected chi connectivity index (χ1v) is 5.86. The Morgan fingerprint density at radius 3 is 2.76 bits per heavy atom. The smallest absolute Gasteiger partial charge is 0.246 e. The zero-order chi connectivity index (χ0) is 12.5. The second kappa shape index (κ2) is 7.82. The summed E-state index contributed by atoms with van der Waals surface area (Å²) in [5.41, 5.74) is 0. The van der Waals surface area contributed by atoms with Gasteiger partial charge in [-0.25, -0.2) is 0 Å². The standard InChI is InChI=1S/C12H19N3O2/c1-2-12(16)15(5-3-4-13)7-6-14-8-10-17-11-9-14/h2H,1,3,5-11H2. The summed E-state index contributed by atoms with van der Waals surface area (Å²) >= 11 is 0. The molecule has 1 fully saturated rings. The molecule has 17 heavy (non-hydrogen) atoms. The first-order valence-electron chi connectivity index (χ1n) is 5.86. The van der Waals surface area contributed by atoms with E-state index in [1.165, 1.54) is 6.08 Å². The van der Waals surface area contributed by atoms with Crippen LogP contribution in [0, 0.1) is 11.3 Å². The van der Waals surface area contributed by atoms with Crippen molar-refractivity contribution >= 4 is 5.91 Å². The molecular formula is C12H19N3O2. The summed E-state index contributed by atoms with van der Waals surface area (Å²) in [5, 5.41) is 8.55. The second-order valence-electron chi connectivity index (χ2n) is 3.89. The lowest BCUT2D eigenvalue weighted by molar-refractivity contribution is -0.126. The van der Waals surface area contributed by atoms with Crippen LogP contribution in [0.3, 0.4) is 0 Å². The van der Waals surface area contributed by atoms with Crippen LogP contribution >= 0.6 is 0 Å². The number of rotatable bonds is 6. The number of ether oxygens (including phenoxy) is 1. The van der Waals surface area contributed by atoms with Crippen molar-refractivity contribution in [1.29, 1.82) is 5.26 Å². The molecule has 0 aromatic carbocycles. The molecule has 1 rings (SSSR count). The van der Waals surface area contributed by atoms with E-state index in [0.29, 0.717) is 19.5 Å². The molecule has 0 aliphatic carbocycles. The Labute approximate surface area is 102 Å². The zero-order valence-corrected chi connectivity index (χ0v) is 10.1. The highest BCUT2D eigenvalue weighted by Gasteiger charge is 2.14. The van der Waals surface area contributed by atoms with E-state index in [4.69, 9.17) is 10.00 Å². The molecule has 1 saturated heterocycles. The summed E-state index contributed by atoms with van der Waals surface area (Å²) < 4.78 is 5.26. The molecule has 1 aliphatic heterocycles. The van der Waals surface area contributed by atoms with Gasteiger partial charge in [0.05, 0.1) is 25.7 Å². The lowest BCUT2D eigenvalue weighted by atomic mass is 10.3. The quantitative estimate of drug-likeness (QED) is 0.621. The van der Waals surface area contributed by atoms with Gasteiger partial charge in [0.1, 0.15) is 0 Å². The van der Waals surface area contributed by atoms with Crippen molar-refractivity contribution in [3.63, 3.8) is 0 Å². The van der Waals surface area contributed by atoms with Crippen LogP contribution in [0.5, 0.6) is 0 Å². The van der Waals surface area contributed by atoms with Crippen LogP contribution in [0.2, 0.25) is 0 Å². The van der Waals surface area contributed by atoms with Crippen LogP contribution in [0.1, 0.15) is 6.42 Å². The zero-order valence-electron chi connectivity index (χ0n) is 10.1. The fraction of sp³-hybridized carbons (Fsp3) is 0.667. The lowest BCUT2D eigenvalue weighted by Crippen LogP contribution is -2.43. The van der Waals surface area contributed by atoms with E-state index in [-0.39, 0.29) is 5.91 Å². The van der Waals surface area contributed by atoms with Gasteiger partial charge in [-0.3, -0.25) is 9.69 Å². The summed E-state index contributed by atoms with van der Waals surface area (Å²) in [6, 6.07) is 2.05. The first-order chi connectivity index (χ1) is 8.27. The van der Waals surface area contributed by atoms with Gasteiger partial charge in [-0.05, 0) is 6.08 Å². The lowest BCUT2D eigenvalue weighted by Gasteiger charge is -2.29. The number of carbonyl (C=O) groups excluding carboxylic acids is 1. The molecule has 1 heterocycles. The Hall–Kier alpha value is -1.38. The molecule has 0 aromatic rings. The summed E-state index contributed by atoms with van der Waals surface area (Å²) in [7, 11) is 0. The van der Waals surface area contributed by atoms with Gasteiger partial charge in [0.25, 0.3) is 0 Å². The molecule has 0 bridgehead atoms. The number of carbonyl (C=O) groups is 1. The normalized spacial score (nSPS) is 16.2. The van der Waals surface area contributed by atoms with Crippen LogP contribution in [-0.2, 0) is 9.53 Å². The van der Waals surface area contributed by atoms with Crippen molar-refractivity contribution in [1.82, 2.24) is 9.80 Å². The van der Waals surface area contributed by atoms with Crippen LogP contribution < -0.4 is 0 Å². The number of nitrogens with zero attached hydrogens (tertiary/aromatic N) is 3. The number of hydrogen-bond acceptors (Lipinski definition) is 4. The maximum Gasteiger partial charge on any atom is 0.246 e. The summed E-state index contributed by atoms with van der Waals surface area (Å²) in [6.45, 7) is 8.76. The molecule has 0 N–H and O–H groups in total. The highest BCUT2D eigenvalue weighted by molar-refractivity contribution is 5.86. The molecule has 0 saturated carbocycles. The molecule has 0 spiro atoms. The van der Waals surface area contributed by atoms with E-state index >= 15 is 0 Å². The fourth-order valence-electron chi connectivity index (χ4n) is 1.73. The Morgan fingerprint density at radius 1 is 1.47 bits per heavy atom. The van der Waals surface area contributed by atoms with Crippen molar-refractivity contribution in [2.45, 2.75) is 6.42 Å². The Bertz CT molecular complexity index is 293. The Morgan fingerprint density at radius 2 is 2.18 bits per heavy atom. The number of nitriles is 1. The minimum absolute atomic E-state index is 0.103. The number of amides is 1. The molecule has 5 nitrogen and oxygen atoms in total. The third-order valence-electron chi connectivity index (χ3n) is 2.77. The Balaban J connectivity index is 2.34.